The van der Waals surface area contributed by atoms with Crippen LogP contribution in [0.5, 0.6) is 0 Å². The zero-order valence-electron chi connectivity index (χ0n) is 9.05. The van der Waals surface area contributed by atoms with Crippen molar-refractivity contribution in [3.05, 3.63) is 0 Å². The number of rotatable bonds is 1. The third kappa shape index (κ3) is 2.76. The molecule has 0 bridgehead atoms. The van der Waals surface area contributed by atoms with Crippen LogP contribution in [0.15, 0.2) is 0 Å². The number of ether oxygens (including phenoxy) is 2. The molecule has 1 aliphatic heterocycles. The minimum atomic E-state index is -0.247. The second-order valence-electron chi connectivity index (χ2n) is 4.68. The molecule has 0 aromatic rings. The Morgan fingerprint density at radius 2 is 1.93 bits per heavy atom. The summed E-state index contributed by atoms with van der Waals surface area (Å²) in [5.74, 6) is 1.08. The van der Waals surface area contributed by atoms with E-state index in [9.17, 15) is 0 Å². The van der Waals surface area contributed by atoms with Crippen LogP contribution in [-0.2, 0) is 9.47 Å². The molecule has 0 aromatic carbocycles. The molecule has 0 amide bonds. The first-order chi connectivity index (χ1) is 7.13. The van der Waals surface area contributed by atoms with Gasteiger partial charge in [0.05, 0.1) is 17.0 Å². The molecular weight excluding hydrogens is 324 g/mol. The van der Waals surface area contributed by atoms with Gasteiger partial charge in [0.15, 0.2) is 5.79 Å². The second kappa shape index (κ2) is 5.03. The summed E-state index contributed by atoms with van der Waals surface area (Å²) in [4.78, 5) is 0. The Morgan fingerprint density at radius 1 is 1.27 bits per heavy atom. The fraction of sp³-hybridized carbons (Fsp3) is 1.00. The van der Waals surface area contributed by atoms with Crippen LogP contribution in [0.25, 0.3) is 0 Å². The molecule has 2 rings (SSSR count). The molecule has 0 radical (unpaired) electrons. The quantitative estimate of drug-likeness (QED) is 0.677. The predicted octanol–water partition coefficient (Wildman–Crippen LogP) is 3.67. The number of alkyl halides is 2. The van der Waals surface area contributed by atoms with Crippen LogP contribution in [0, 0.1) is 11.8 Å². The molecule has 1 heterocycles. The van der Waals surface area contributed by atoms with Gasteiger partial charge in [0, 0.05) is 12.8 Å². The van der Waals surface area contributed by atoms with Crippen LogP contribution in [0.2, 0.25) is 0 Å². The Bertz CT molecular complexity index is 215. The topological polar surface area (TPSA) is 18.5 Å². The first-order valence-electron chi connectivity index (χ1n) is 5.69. The smallest absolute Gasteiger partial charge is 0.168 e. The summed E-state index contributed by atoms with van der Waals surface area (Å²) >= 11 is 7.25. The standard InChI is InChI=1S/C11H18Br2O2/c1-8-7-11(14-5-2-6-15-11)4-3-9(8)10(12)13/h8-10H,2-7H2,1H3. The number of halogens is 2. The molecule has 0 aromatic heterocycles. The SMILES string of the molecule is CC1CC2(CCC1C(Br)Br)OCCCO2. The van der Waals surface area contributed by atoms with Crippen LogP contribution in [-0.4, -0.2) is 22.7 Å². The molecule has 2 unspecified atom stereocenters. The third-order valence-electron chi connectivity index (χ3n) is 3.57. The molecule has 1 aliphatic carbocycles. The van der Waals surface area contributed by atoms with Gasteiger partial charge < -0.3 is 9.47 Å². The van der Waals surface area contributed by atoms with E-state index < -0.39 is 0 Å². The maximum absolute atomic E-state index is 5.85. The predicted molar refractivity (Wildman–Crippen MR) is 67.4 cm³/mol. The van der Waals surface area contributed by atoms with Gasteiger partial charge in [-0.25, -0.2) is 0 Å². The molecule has 2 nitrogen and oxygen atoms in total. The van der Waals surface area contributed by atoms with Crippen molar-refractivity contribution in [2.45, 2.75) is 42.1 Å². The summed E-state index contributed by atoms with van der Waals surface area (Å²) in [6.07, 6.45) is 4.28. The van der Waals surface area contributed by atoms with Gasteiger partial charge in [-0.15, -0.1) is 0 Å². The van der Waals surface area contributed by atoms with E-state index in [1.807, 2.05) is 0 Å². The van der Waals surface area contributed by atoms with Crippen molar-refractivity contribution in [1.82, 2.24) is 0 Å². The molecule has 1 saturated carbocycles. The first kappa shape index (κ1) is 12.3. The summed E-state index contributed by atoms with van der Waals surface area (Å²) in [5.41, 5.74) is 0. The van der Waals surface area contributed by atoms with E-state index >= 15 is 0 Å². The molecule has 4 heteroatoms. The van der Waals surface area contributed by atoms with Crippen molar-refractivity contribution in [3.8, 4) is 0 Å². The molecule has 2 atom stereocenters. The van der Waals surface area contributed by atoms with E-state index in [1.165, 1.54) is 6.42 Å². The lowest BCUT2D eigenvalue weighted by atomic mass is 9.78. The Kier molecular flexibility index (Phi) is 4.14. The molecule has 88 valence electrons. The van der Waals surface area contributed by atoms with E-state index in [0.29, 0.717) is 15.6 Å². The van der Waals surface area contributed by atoms with Gasteiger partial charge in [0.1, 0.15) is 0 Å². The van der Waals surface area contributed by atoms with E-state index in [2.05, 4.69) is 38.8 Å². The maximum Gasteiger partial charge on any atom is 0.168 e. The second-order valence-corrected chi connectivity index (χ2v) is 7.88. The normalized spacial score (nSPS) is 36.0. The van der Waals surface area contributed by atoms with Gasteiger partial charge in [-0.2, -0.15) is 0 Å². The van der Waals surface area contributed by atoms with Gasteiger partial charge in [0.2, 0.25) is 0 Å². The average molecular weight is 342 g/mol. The molecule has 2 fully saturated rings. The van der Waals surface area contributed by atoms with Crippen molar-refractivity contribution in [2.24, 2.45) is 11.8 Å². The number of hydrogen-bond acceptors (Lipinski definition) is 2. The van der Waals surface area contributed by atoms with E-state index in [0.717, 1.165) is 32.5 Å². The maximum atomic E-state index is 5.85. The van der Waals surface area contributed by atoms with E-state index in [-0.39, 0.29) is 5.79 Å². The van der Waals surface area contributed by atoms with Crippen molar-refractivity contribution in [2.75, 3.05) is 13.2 Å². The van der Waals surface area contributed by atoms with E-state index in [1.54, 1.807) is 0 Å². The van der Waals surface area contributed by atoms with Crippen LogP contribution >= 0.6 is 31.9 Å². The highest BCUT2D eigenvalue weighted by Crippen LogP contribution is 2.44. The highest BCUT2D eigenvalue weighted by Gasteiger charge is 2.43. The van der Waals surface area contributed by atoms with Crippen molar-refractivity contribution >= 4 is 31.9 Å². The van der Waals surface area contributed by atoms with E-state index in [4.69, 9.17) is 9.47 Å². The summed E-state index contributed by atoms with van der Waals surface area (Å²) in [6, 6.07) is 0. The van der Waals surface area contributed by atoms with Crippen LogP contribution in [0.3, 0.4) is 0 Å². The minimum absolute atomic E-state index is 0.247. The molecule has 1 saturated heterocycles. The lowest BCUT2D eigenvalue weighted by molar-refractivity contribution is -0.289. The van der Waals surface area contributed by atoms with Crippen LogP contribution < -0.4 is 0 Å². The van der Waals surface area contributed by atoms with Gasteiger partial charge in [-0.1, -0.05) is 38.8 Å². The van der Waals surface area contributed by atoms with Gasteiger partial charge in [0.25, 0.3) is 0 Å². The summed E-state index contributed by atoms with van der Waals surface area (Å²) in [5, 5.41) is 0. The Labute approximate surface area is 108 Å². The summed E-state index contributed by atoms with van der Waals surface area (Å²) < 4.78 is 12.1. The van der Waals surface area contributed by atoms with Crippen molar-refractivity contribution in [3.63, 3.8) is 0 Å². The minimum Gasteiger partial charge on any atom is -0.350 e. The number of hydrogen-bond donors (Lipinski definition) is 0. The molecule has 2 aliphatic rings. The monoisotopic (exact) mass is 340 g/mol. The molecule has 1 spiro atoms. The Hall–Kier alpha value is 0.880. The average Bonchev–Trinajstić information content (AvgIpc) is 2.18. The Morgan fingerprint density at radius 3 is 2.47 bits per heavy atom. The first-order valence-corrected chi connectivity index (χ1v) is 7.52. The van der Waals surface area contributed by atoms with Gasteiger partial charge >= 0.3 is 0 Å². The molecule has 0 N–H and O–H groups in total. The highest BCUT2D eigenvalue weighted by atomic mass is 79.9. The van der Waals surface area contributed by atoms with Gasteiger partial charge in [-0.3, -0.25) is 0 Å². The summed E-state index contributed by atoms with van der Waals surface area (Å²) in [7, 11) is 0. The lowest BCUT2D eigenvalue weighted by Crippen LogP contribution is -2.47. The zero-order chi connectivity index (χ0) is 10.9. The largest absolute Gasteiger partial charge is 0.350 e. The fourth-order valence-electron chi connectivity index (χ4n) is 2.67. The molecular formula is C11H18Br2O2. The summed E-state index contributed by atoms with van der Waals surface area (Å²) in [6.45, 7) is 4.02. The lowest BCUT2D eigenvalue weighted by Gasteiger charge is -2.45. The zero-order valence-corrected chi connectivity index (χ0v) is 12.2. The van der Waals surface area contributed by atoms with Crippen molar-refractivity contribution in [1.29, 1.82) is 0 Å². The van der Waals surface area contributed by atoms with Crippen molar-refractivity contribution < 1.29 is 9.47 Å². The highest BCUT2D eigenvalue weighted by molar-refractivity contribution is 9.24. The van der Waals surface area contributed by atoms with Gasteiger partial charge in [-0.05, 0) is 24.7 Å². The van der Waals surface area contributed by atoms with Crippen LogP contribution in [0.4, 0.5) is 0 Å². The Balaban J connectivity index is 1.97. The fourth-order valence-corrected chi connectivity index (χ4v) is 4.24. The van der Waals surface area contributed by atoms with Crippen LogP contribution in [0.1, 0.15) is 32.6 Å². The third-order valence-corrected chi connectivity index (χ3v) is 4.92. The molecule has 15 heavy (non-hydrogen) atoms.